The summed E-state index contributed by atoms with van der Waals surface area (Å²) in [6.45, 7) is 12.4. The van der Waals surface area contributed by atoms with E-state index in [1.807, 2.05) is 43.3 Å². The first-order valence-corrected chi connectivity index (χ1v) is 39.0. The number of nitrogens with one attached hydrogen (secondary N) is 16. The van der Waals surface area contributed by atoms with Gasteiger partial charge in [0.15, 0.2) is 46.3 Å². The van der Waals surface area contributed by atoms with Crippen molar-refractivity contribution in [3.63, 3.8) is 0 Å². The molecule has 0 spiro atoms. The average Bonchev–Trinajstić information content (AvgIpc) is 1.66. The molecule has 0 unspecified atom stereocenters. The number of aromatic nitrogens is 16. The highest BCUT2D eigenvalue weighted by atomic mass is 19.1. The first-order chi connectivity index (χ1) is 60.8. The van der Waals surface area contributed by atoms with Gasteiger partial charge in [-0.15, -0.1) is 0 Å². The van der Waals surface area contributed by atoms with E-state index in [0.717, 1.165) is 117 Å². The molecule has 0 aliphatic carbocycles. The maximum absolute atomic E-state index is 14.0. The number of amides is 8. The number of benzene rings is 8. The Morgan fingerprint density at radius 2 is 0.752 bits per heavy atom. The summed E-state index contributed by atoms with van der Waals surface area (Å²) in [5.74, 6) is 1.65. The van der Waals surface area contributed by atoms with Gasteiger partial charge in [0.1, 0.15) is 51.7 Å². The smallest absolute Gasteiger partial charge is 0.323 e. The van der Waals surface area contributed by atoms with Crippen LogP contribution in [0, 0.1) is 37.1 Å². The Balaban J connectivity index is 0.000000129. The molecule has 0 atom stereocenters. The monoisotopic (exact) mass is 1700 g/mol. The van der Waals surface area contributed by atoms with Crippen molar-refractivity contribution in [1.82, 2.24) is 95.8 Å². The molecule has 16 aromatic rings. The number of hydrogen-bond donors (Lipinski definition) is 16. The van der Waals surface area contributed by atoms with E-state index in [4.69, 9.17) is 28.4 Å². The minimum Gasteiger partial charge on any atom is -0.493 e. The number of rotatable bonds is 21. The molecule has 10 heterocycles. The highest BCUT2D eigenvalue weighted by Gasteiger charge is 2.24. The Morgan fingerprint density at radius 1 is 0.392 bits per heavy atom. The maximum Gasteiger partial charge on any atom is 0.323 e. The molecule has 16 N–H and O–H groups in total. The van der Waals surface area contributed by atoms with E-state index < -0.39 is 41.2 Å². The van der Waals surface area contributed by atoms with Crippen molar-refractivity contribution in [2.24, 2.45) is 0 Å². The zero-order valence-corrected chi connectivity index (χ0v) is 68.0. The van der Waals surface area contributed by atoms with Gasteiger partial charge in [0.25, 0.3) is 0 Å². The van der Waals surface area contributed by atoms with Gasteiger partial charge in [0.2, 0.25) is 0 Å². The zero-order chi connectivity index (χ0) is 87.0. The number of carbonyl (C=O) groups excluding carboxylic acids is 4. The second-order valence-electron chi connectivity index (χ2n) is 28.5. The summed E-state index contributed by atoms with van der Waals surface area (Å²) in [6, 6.07) is 38.5. The van der Waals surface area contributed by atoms with Gasteiger partial charge >= 0.3 is 24.1 Å². The van der Waals surface area contributed by atoms with Gasteiger partial charge < -0.3 is 90.9 Å². The Kier molecular flexibility index (Phi) is 26.2. The van der Waals surface area contributed by atoms with Crippen LogP contribution in [0.2, 0.25) is 0 Å². The molecule has 125 heavy (non-hydrogen) atoms. The van der Waals surface area contributed by atoms with Gasteiger partial charge in [0.05, 0.1) is 152 Å². The summed E-state index contributed by atoms with van der Waals surface area (Å²) < 4.78 is 86.6. The molecule has 2 aliphatic heterocycles. The number of ether oxygens (including phenoxy) is 6. The molecule has 2 saturated heterocycles. The molecular formula is C85H84F4N26O10. The fraction of sp³-hybridized carbons (Fsp3) is 0.200. The number of nitrogens with zero attached hydrogens (tertiary/aromatic N) is 10. The van der Waals surface area contributed by atoms with Crippen LogP contribution in [0.3, 0.4) is 0 Å². The molecule has 40 heteroatoms. The number of hydrogen-bond acceptors (Lipinski definition) is 20. The quantitative estimate of drug-likeness (QED) is 0.0297. The molecule has 2 fully saturated rings. The molecule has 2 aliphatic rings. The zero-order valence-electron chi connectivity index (χ0n) is 68.0. The first kappa shape index (κ1) is 84.3. The molecule has 36 nitrogen and oxygen atoms in total. The molecule has 8 aromatic heterocycles. The van der Waals surface area contributed by atoms with E-state index in [0.29, 0.717) is 114 Å². The number of aromatic amines is 8. The number of anilines is 7. The van der Waals surface area contributed by atoms with Crippen LogP contribution in [0.4, 0.5) is 76.6 Å². The lowest BCUT2D eigenvalue weighted by molar-refractivity contribution is 0.0341. The van der Waals surface area contributed by atoms with Crippen LogP contribution in [0.1, 0.15) is 27.8 Å². The number of imidazole rings is 4. The fourth-order valence-electron chi connectivity index (χ4n) is 13.6. The number of H-pyrrole nitrogens is 8. The minimum absolute atomic E-state index is 0.136. The third kappa shape index (κ3) is 20.7. The van der Waals surface area contributed by atoms with E-state index in [-0.39, 0.29) is 29.8 Å². The van der Waals surface area contributed by atoms with Gasteiger partial charge in [-0.1, -0.05) is 60.2 Å². The number of methoxy groups -OCH3 is 4. The number of halogens is 4. The molecule has 8 amide bonds. The number of morpholine rings is 2. The normalized spacial score (nSPS) is 12.7. The van der Waals surface area contributed by atoms with Crippen LogP contribution in [0.15, 0.2) is 170 Å². The number of urea groups is 4. The number of para-hydroxylation sites is 2. The van der Waals surface area contributed by atoms with Crippen molar-refractivity contribution >= 4 is 108 Å². The Labute approximate surface area is 708 Å². The molecule has 8 aromatic carbocycles. The summed E-state index contributed by atoms with van der Waals surface area (Å²) in [7, 11) is 6.19. The van der Waals surface area contributed by atoms with Crippen molar-refractivity contribution in [3.8, 4) is 69.1 Å². The third-order valence-electron chi connectivity index (χ3n) is 19.9. The van der Waals surface area contributed by atoms with E-state index in [9.17, 15) is 36.7 Å². The van der Waals surface area contributed by atoms with Crippen LogP contribution < -0.4 is 61.5 Å². The second-order valence-corrected chi connectivity index (χ2v) is 28.5. The molecule has 0 bridgehead atoms. The maximum atomic E-state index is 14.0. The van der Waals surface area contributed by atoms with Gasteiger partial charge in [-0.25, -0.2) is 56.7 Å². The van der Waals surface area contributed by atoms with Crippen molar-refractivity contribution < 1.29 is 65.2 Å². The Bertz CT molecular complexity index is 6360. The van der Waals surface area contributed by atoms with Crippen molar-refractivity contribution in [2.75, 3.05) is 118 Å². The molecular weight excluding hydrogens is 1620 g/mol. The summed E-state index contributed by atoms with van der Waals surface area (Å²) in [6.07, 6.45) is 5.89. The summed E-state index contributed by atoms with van der Waals surface area (Å²) in [5.41, 5.74) is 15.1. The van der Waals surface area contributed by atoms with E-state index in [2.05, 4.69) is 157 Å². The molecule has 0 saturated carbocycles. The predicted octanol–water partition coefficient (Wildman–Crippen LogP) is 14.9. The van der Waals surface area contributed by atoms with Gasteiger partial charge in [-0.05, 0) is 103 Å². The molecule has 0 radical (unpaired) electrons. The van der Waals surface area contributed by atoms with Gasteiger partial charge in [-0.3, -0.25) is 30.2 Å². The molecule has 642 valence electrons. The lowest BCUT2D eigenvalue weighted by atomic mass is 10.2. The first-order valence-electron chi connectivity index (χ1n) is 39.0. The van der Waals surface area contributed by atoms with Crippen molar-refractivity contribution in [1.29, 1.82) is 0 Å². The van der Waals surface area contributed by atoms with Crippen LogP contribution in [-0.2, 0) is 29.1 Å². The fourth-order valence-corrected chi connectivity index (χ4v) is 13.6. The van der Waals surface area contributed by atoms with Crippen LogP contribution in [-0.4, -0.2) is 196 Å². The number of carbonyl (C=O) groups is 4. The topological polar surface area (TPSA) is 456 Å². The molecule has 18 rings (SSSR count). The Morgan fingerprint density at radius 3 is 1.17 bits per heavy atom. The SMILES string of the molecule is COc1cc2nc(-c3[nH]ncc3NC(=O)Nc3c(F)cccc3F)[nH]c2cc1OC.COc1cc2nc(-c3[nH]ncc3NC(=O)Nc3ccc(C)cc3)[nH]c2cc1OC.Cc1cccc(F)c1NC(=O)Nc1cn[nH]c1-c1nc2ccc(CN3CCOCC3)cc2[nH]1.O=C(NCc1ccc(F)cc1)Nc1cn[nH]c1-c1nc2ccc(CN3CCOCC3)cc2[nH]1. The van der Waals surface area contributed by atoms with Gasteiger partial charge in [-0.2, -0.15) is 20.4 Å². The van der Waals surface area contributed by atoms with E-state index >= 15 is 0 Å². The minimum atomic E-state index is -0.891. The van der Waals surface area contributed by atoms with Crippen LogP contribution in [0.5, 0.6) is 23.0 Å². The van der Waals surface area contributed by atoms with Crippen molar-refractivity contribution in [2.45, 2.75) is 33.5 Å². The Hall–Kier alpha value is -15.7. The van der Waals surface area contributed by atoms with Crippen molar-refractivity contribution in [3.05, 3.63) is 221 Å². The lowest BCUT2D eigenvalue weighted by Gasteiger charge is -2.26. The largest absolute Gasteiger partial charge is 0.493 e. The standard InChI is InChI=1S/2C23H24FN7O2.C20H20N6O3.C19H16F2N6O3/c24-17-4-1-15(2-5-17)12-25-23(32)29-20-13-26-30-21(20)22-27-18-6-3-16(11-19(18)28-22)14-31-7-9-33-10-8-31;1-14-3-2-4-16(24)20(14)29-23(32)28-19-12-25-30-21(19)22-26-17-6-5-15(11-18(17)27-22)13-31-7-9-33-10-8-31;1-11-4-6-12(7-5-11)22-20(27)25-15-10-21-26-18(15)19-23-13-8-16(28-2)17(29-3)9-14(13)24-19;1-29-14-6-11-12(7-15(14)30-2)24-18(23-11)17-13(8-22-27-17)25-19(28)26-16-9(20)4-3-5-10(16)21/h1-6,11,13H,7-10,12,14H2,(H,26,30)(H,27,28)(H2,25,29,32);2-6,11-12H,7-10,13H2,1H3,(H,25,30)(H,26,27)(H2,28,29,32);4-10H,1-3H3,(H,21,26)(H,23,24)(H2,22,25,27);3-8H,1-2H3,(H,22,27)(H,23,24)(H2,25,26,28). The third-order valence-corrected chi connectivity index (χ3v) is 19.9. The highest BCUT2D eigenvalue weighted by Crippen LogP contribution is 2.37. The number of aryl methyl sites for hydroxylation is 2. The summed E-state index contributed by atoms with van der Waals surface area (Å²) in [5, 5.41) is 48.4. The highest BCUT2D eigenvalue weighted by molar-refractivity contribution is 6.04. The van der Waals surface area contributed by atoms with Crippen LogP contribution in [0.25, 0.3) is 90.2 Å². The van der Waals surface area contributed by atoms with Crippen LogP contribution >= 0.6 is 0 Å². The summed E-state index contributed by atoms with van der Waals surface area (Å²) in [4.78, 5) is 85.4. The lowest BCUT2D eigenvalue weighted by Crippen LogP contribution is -2.35. The van der Waals surface area contributed by atoms with E-state index in [1.165, 1.54) is 74.4 Å². The van der Waals surface area contributed by atoms with Gasteiger partial charge in [0, 0.05) is 75.8 Å². The number of fused-ring (bicyclic) bond motifs is 4. The van der Waals surface area contributed by atoms with E-state index in [1.54, 1.807) is 69.7 Å². The second kappa shape index (κ2) is 38.8. The average molecular weight is 1710 g/mol. The predicted molar refractivity (Wildman–Crippen MR) is 462 cm³/mol. The summed E-state index contributed by atoms with van der Waals surface area (Å²) >= 11 is 0.